The van der Waals surface area contributed by atoms with Crippen molar-refractivity contribution in [3.05, 3.63) is 77.6 Å². The zero-order valence-corrected chi connectivity index (χ0v) is 21.3. The lowest BCUT2D eigenvalue weighted by atomic mass is 9.96. The number of carbonyl (C=O) groups excluding carboxylic acids is 2. The molecule has 1 aliphatic carbocycles. The van der Waals surface area contributed by atoms with E-state index in [-0.39, 0.29) is 11.6 Å². The van der Waals surface area contributed by atoms with E-state index in [2.05, 4.69) is 16.0 Å². The van der Waals surface area contributed by atoms with E-state index in [4.69, 9.17) is 16.3 Å². The van der Waals surface area contributed by atoms with Crippen LogP contribution < -0.4 is 4.74 Å². The SMILES string of the molecule is C=CN(CCCn1cc(C(C)=O)c2cccc(OC)c21)C1CCC(CC(=O)c2ccc(Cl)cc2)C1. The quantitative estimate of drug-likeness (QED) is 0.277. The van der Waals surface area contributed by atoms with Crippen LogP contribution in [0.15, 0.2) is 61.4 Å². The molecule has 1 aromatic heterocycles. The highest BCUT2D eigenvalue weighted by atomic mass is 35.5. The Morgan fingerprint density at radius 1 is 1.20 bits per heavy atom. The summed E-state index contributed by atoms with van der Waals surface area (Å²) in [6, 6.07) is 13.4. The topological polar surface area (TPSA) is 51.5 Å². The van der Waals surface area contributed by atoms with Crippen molar-refractivity contribution in [1.29, 1.82) is 0 Å². The summed E-state index contributed by atoms with van der Waals surface area (Å²) >= 11 is 5.95. The number of fused-ring (bicyclic) bond motifs is 1. The zero-order valence-electron chi connectivity index (χ0n) is 20.5. The number of nitrogens with zero attached hydrogens (tertiary/aromatic N) is 2. The number of ether oxygens (including phenoxy) is 1. The van der Waals surface area contributed by atoms with Gasteiger partial charge in [0, 0.05) is 53.3 Å². The first-order chi connectivity index (χ1) is 16.9. The number of ketones is 2. The Morgan fingerprint density at radius 3 is 2.66 bits per heavy atom. The van der Waals surface area contributed by atoms with Gasteiger partial charge in [-0.1, -0.05) is 30.3 Å². The number of hydrogen-bond acceptors (Lipinski definition) is 4. The van der Waals surface area contributed by atoms with Crippen LogP contribution in [-0.2, 0) is 6.54 Å². The molecule has 0 aliphatic heterocycles. The molecule has 35 heavy (non-hydrogen) atoms. The minimum absolute atomic E-state index is 0.0554. The van der Waals surface area contributed by atoms with Crippen LogP contribution in [0.3, 0.4) is 0 Å². The minimum Gasteiger partial charge on any atom is -0.495 e. The predicted molar refractivity (Wildman–Crippen MR) is 142 cm³/mol. The highest BCUT2D eigenvalue weighted by molar-refractivity contribution is 6.30. The van der Waals surface area contributed by atoms with Crippen LogP contribution in [0.25, 0.3) is 10.9 Å². The minimum atomic E-state index is 0.0554. The van der Waals surface area contributed by atoms with Gasteiger partial charge in [-0.2, -0.15) is 0 Å². The molecule has 184 valence electrons. The Labute approximate surface area is 212 Å². The van der Waals surface area contributed by atoms with Crippen LogP contribution in [0.2, 0.25) is 5.02 Å². The molecule has 1 heterocycles. The number of rotatable bonds is 11. The second-order valence-corrected chi connectivity index (χ2v) is 9.83. The number of benzene rings is 2. The molecule has 1 saturated carbocycles. The van der Waals surface area contributed by atoms with Gasteiger partial charge in [0.25, 0.3) is 0 Å². The van der Waals surface area contributed by atoms with E-state index in [1.54, 1.807) is 26.2 Å². The molecule has 0 spiro atoms. The molecule has 0 amide bonds. The molecule has 0 N–H and O–H groups in total. The fourth-order valence-electron chi connectivity index (χ4n) is 5.35. The number of methoxy groups -OCH3 is 1. The first kappa shape index (κ1) is 25.1. The summed E-state index contributed by atoms with van der Waals surface area (Å²) < 4.78 is 7.71. The Hall–Kier alpha value is -3.05. The number of aryl methyl sites for hydroxylation is 1. The third-order valence-electron chi connectivity index (χ3n) is 7.13. The van der Waals surface area contributed by atoms with Crippen molar-refractivity contribution in [2.24, 2.45) is 5.92 Å². The summed E-state index contributed by atoms with van der Waals surface area (Å²) in [4.78, 5) is 27.2. The molecular weight excluding hydrogens is 460 g/mol. The predicted octanol–water partition coefficient (Wildman–Crippen LogP) is 6.78. The Morgan fingerprint density at radius 2 is 1.97 bits per heavy atom. The average molecular weight is 493 g/mol. The van der Waals surface area contributed by atoms with Crippen LogP contribution in [0, 0.1) is 5.92 Å². The van der Waals surface area contributed by atoms with E-state index in [1.807, 2.05) is 42.7 Å². The van der Waals surface area contributed by atoms with Crippen LogP contribution >= 0.6 is 11.6 Å². The Kier molecular flexibility index (Phi) is 7.97. The van der Waals surface area contributed by atoms with Gasteiger partial charge in [-0.25, -0.2) is 0 Å². The second kappa shape index (κ2) is 11.1. The van der Waals surface area contributed by atoms with Crippen LogP contribution in [0.5, 0.6) is 5.75 Å². The summed E-state index contributed by atoms with van der Waals surface area (Å²) in [5.74, 6) is 1.41. The molecular formula is C29H33ClN2O3. The monoisotopic (exact) mass is 492 g/mol. The number of para-hydroxylation sites is 1. The number of halogens is 1. The number of aromatic nitrogens is 1. The van der Waals surface area contributed by atoms with E-state index in [9.17, 15) is 9.59 Å². The normalized spacial score (nSPS) is 17.5. The van der Waals surface area contributed by atoms with Crippen LogP contribution in [0.1, 0.15) is 59.7 Å². The van der Waals surface area contributed by atoms with Gasteiger partial charge in [0.1, 0.15) is 5.75 Å². The summed E-state index contributed by atoms with van der Waals surface area (Å²) in [5, 5.41) is 1.58. The first-order valence-electron chi connectivity index (χ1n) is 12.2. The summed E-state index contributed by atoms with van der Waals surface area (Å²) in [6.07, 6.45) is 8.49. The molecule has 1 aliphatic rings. The van der Waals surface area contributed by atoms with Gasteiger partial charge in [-0.05, 0) is 75.1 Å². The average Bonchev–Trinajstić information content (AvgIpc) is 3.47. The third-order valence-corrected chi connectivity index (χ3v) is 7.39. The van der Waals surface area contributed by atoms with Crippen molar-refractivity contribution < 1.29 is 14.3 Å². The van der Waals surface area contributed by atoms with Gasteiger partial charge in [-0.3, -0.25) is 9.59 Å². The summed E-state index contributed by atoms with van der Waals surface area (Å²) in [6.45, 7) is 7.30. The maximum absolute atomic E-state index is 12.7. The lowest BCUT2D eigenvalue weighted by Crippen LogP contribution is -2.30. The largest absolute Gasteiger partial charge is 0.495 e. The third kappa shape index (κ3) is 5.62. The van der Waals surface area contributed by atoms with Crippen molar-refractivity contribution in [3.63, 3.8) is 0 Å². The van der Waals surface area contributed by atoms with E-state index in [1.165, 1.54) is 0 Å². The van der Waals surface area contributed by atoms with Crippen molar-refractivity contribution in [1.82, 2.24) is 9.47 Å². The molecule has 0 bridgehead atoms. The first-order valence-corrected chi connectivity index (χ1v) is 12.6. The van der Waals surface area contributed by atoms with Crippen molar-refractivity contribution >= 4 is 34.1 Å². The molecule has 4 rings (SSSR count). The fraction of sp³-hybridized carbons (Fsp3) is 0.379. The fourth-order valence-corrected chi connectivity index (χ4v) is 5.47. The maximum Gasteiger partial charge on any atom is 0.163 e. The van der Waals surface area contributed by atoms with E-state index < -0.39 is 0 Å². The van der Waals surface area contributed by atoms with Gasteiger partial charge in [0.15, 0.2) is 11.6 Å². The van der Waals surface area contributed by atoms with Crippen molar-refractivity contribution in [2.45, 2.75) is 51.6 Å². The number of carbonyl (C=O) groups is 2. The maximum atomic E-state index is 12.7. The van der Waals surface area contributed by atoms with Gasteiger partial charge in [0.05, 0.1) is 12.6 Å². The molecule has 2 unspecified atom stereocenters. The lowest BCUT2D eigenvalue weighted by molar-refractivity contribution is 0.0959. The number of Topliss-reactive ketones (excluding diaryl/α,β-unsaturated/α-hetero) is 2. The highest BCUT2D eigenvalue weighted by Gasteiger charge is 2.29. The zero-order chi connectivity index (χ0) is 24.9. The molecule has 5 nitrogen and oxygen atoms in total. The van der Waals surface area contributed by atoms with Crippen molar-refractivity contribution in [2.75, 3.05) is 13.7 Å². The molecule has 2 atom stereocenters. The standard InChI is InChI=1S/C29H33ClN2O3/c1-4-31(24-14-9-21(17-24)18-27(34)22-10-12-23(30)13-11-22)15-6-16-32-19-26(20(2)33)25-7-5-8-28(35-3)29(25)32/h4-5,7-8,10-13,19,21,24H,1,6,9,14-18H2,2-3H3. The lowest BCUT2D eigenvalue weighted by Gasteiger charge is -2.27. The Bertz CT molecular complexity index is 1210. The molecule has 0 saturated heterocycles. The van der Waals surface area contributed by atoms with E-state index >= 15 is 0 Å². The molecule has 0 radical (unpaired) electrons. The van der Waals surface area contributed by atoms with Gasteiger partial charge in [-0.15, -0.1) is 0 Å². The summed E-state index contributed by atoms with van der Waals surface area (Å²) in [7, 11) is 1.66. The Balaban J connectivity index is 1.36. The van der Waals surface area contributed by atoms with Crippen molar-refractivity contribution in [3.8, 4) is 5.75 Å². The summed E-state index contributed by atoms with van der Waals surface area (Å²) in [5.41, 5.74) is 2.42. The number of hydrogen-bond donors (Lipinski definition) is 0. The molecule has 6 heteroatoms. The molecule has 2 aromatic carbocycles. The van der Waals surface area contributed by atoms with Gasteiger partial charge in [0.2, 0.25) is 0 Å². The second-order valence-electron chi connectivity index (χ2n) is 9.39. The van der Waals surface area contributed by atoms with Gasteiger partial charge >= 0.3 is 0 Å². The van der Waals surface area contributed by atoms with Gasteiger partial charge < -0.3 is 14.2 Å². The highest BCUT2D eigenvalue weighted by Crippen LogP contribution is 2.34. The van der Waals surface area contributed by atoms with E-state index in [0.29, 0.717) is 23.4 Å². The van der Waals surface area contributed by atoms with E-state index in [0.717, 1.165) is 66.6 Å². The smallest absolute Gasteiger partial charge is 0.163 e. The molecule has 1 fully saturated rings. The van der Waals surface area contributed by atoms with Crippen LogP contribution in [0.4, 0.5) is 0 Å². The molecule has 3 aromatic rings. The van der Waals surface area contributed by atoms with Crippen LogP contribution in [-0.4, -0.2) is 40.7 Å².